The number of thiophene rings is 1. The van der Waals surface area contributed by atoms with E-state index in [0.29, 0.717) is 15.8 Å². The van der Waals surface area contributed by atoms with E-state index in [1.165, 1.54) is 22.4 Å². The maximum atomic E-state index is 12.7. The average Bonchev–Trinajstić information content (AvgIpc) is 3.08. The van der Waals surface area contributed by atoms with Gasteiger partial charge in [0.25, 0.3) is 17.4 Å². The fourth-order valence-electron chi connectivity index (χ4n) is 3.08. The second kappa shape index (κ2) is 7.23. The van der Waals surface area contributed by atoms with Gasteiger partial charge in [-0.1, -0.05) is 5.21 Å². The van der Waals surface area contributed by atoms with Crippen molar-refractivity contribution in [2.45, 2.75) is 32.2 Å². The highest BCUT2D eigenvalue weighted by Gasteiger charge is 2.21. The largest absolute Gasteiger partial charge is 0.279 e. The molecule has 1 aliphatic carbocycles. The van der Waals surface area contributed by atoms with Crippen molar-refractivity contribution < 1.29 is 9.59 Å². The number of nitrogens with zero attached hydrogens (tertiary/aromatic N) is 4. The zero-order valence-electron chi connectivity index (χ0n) is 14.3. The molecule has 0 fully saturated rings. The highest BCUT2D eigenvalue weighted by molar-refractivity contribution is 7.18. The molecule has 0 saturated carbocycles. The van der Waals surface area contributed by atoms with E-state index in [-0.39, 0.29) is 12.1 Å². The summed E-state index contributed by atoms with van der Waals surface area (Å²) >= 11 is 1.50. The van der Waals surface area contributed by atoms with Gasteiger partial charge in [-0.05, 0) is 43.4 Å². The molecule has 0 unspecified atom stereocenters. The van der Waals surface area contributed by atoms with Gasteiger partial charge in [-0.3, -0.25) is 30.2 Å². The number of aryl methyl sites for hydroxylation is 2. The maximum absolute atomic E-state index is 12.7. The number of hydrazine groups is 1. The van der Waals surface area contributed by atoms with E-state index < -0.39 is 11.8 Å². The Hall–Kier alpha value is -3.14. The molecule has 2 amide bonds. The Morgan fingerprint density at radius 3 is 2.89 bits per heavy atom. The van der Waals surface area contributed by atoms with Crippen LogP contribution in [-0.2, 0) is 24.2 Å². The first-order valence-electron chi connectivity index (χ1n) is 8.51. The van der Waals surface area contributed by atoms with E-state index in [0.717, 1.165) is 35.9 Å². The van der Waals surface area contributed by atoms with Gasteiger partial charge in [0, 0.05) is 17.3 Å². The van der Waals surface area contributed by atoms with Crippen molar-refractivity contribution in [3.63, 3.8) is 0 Å². The minimum Gasteiger partial charge on any atom is -0.271 e. The van der Waals surface area contributed by atoms with Gasteiger partial charge in [-0.25, -0.2) is 4.68 Å². The summed E-state index contributed by atoms with van der Waals surface area (Å²) in [6.07, 6.45) is 6.88. The molecular formula is C17H16N6O3S. The molecule has 0 radical (unpaired) electrons. The second-order valence-corrected chi connectivity index (χ2v) is 7.27. The Morgan fingerprint density at radius 2 is 2.07 bits per heavy atom. The Balaban J connectivity index is 1.48. The van der Waals surface area contributed by atoms with E-state index in [1.54, 1.807) is 18.3 Å². The van der Waals surface area contributed by atoms with Gasteiger partial charge in [-0.15, -0.1) is 16.4 Å². The van der Waals surface area contributed by atoms with Crippen molar-refractivity contribution in [2.75, 3.05) is 0 Å². The molecule has 4 rings (SSSR count). The van der Waals surface area contributed by atoms with Crippen LogP contribution in [0.1, 0.15) is 33.6 Å². The Bertz CT molecular complexity index is 1080. The smallest absolute Gasteiger partial charge is 0.271 e. The van der Waals surface area contributed by atoms with Gasteiger partial charge in [0.1, 0.15) is 6.54 Å². The number of nitrogens with one attached hydrogen (secondary N) is 2. The summed E-state index contributed by atoms with van der Waals surface area (Å²) in [5, 5.41) is 8.52. The van der Waals surface area contributed by atoms with Gasteiger partial charge in [0.05, 0.1) is 10.9 Å². The third-order valence-corrected chi connectivity index (χ3v) is 5.55. The van der Waals surface area contributed by atoms with Gasteiger partial charge < -0.3 is 0 Å². The van der Waals surface area contributed by atoms with E-state index >= 15 is 0 Å². The second-order valence-electron chi connectivity index (χ2n) is 6.19. The molecule has 3 aromatic heterocycles. The van der Waals surface area contributed by atoms with Gasteiger partial charge in [0.2, 0.25) is 0 Å². The van der Waals surface area contributed by atoms with Crippen molar-refractivity contribution in [1.82, 2.24) is 30.8 Å². The van der Waals surface area contributed by atoms with Gasteiger partial charge in [0.15, 0.2) is 4.83 Å². The lowest BCUT2D eigenvalue weighted by molar-refractivity contribution is -0.122. The first-order valence-corrected chi connectivity index (χ1v) is 9.32. The monoisotopic (exact) mass is 384 g/mol. The molecule has 3 heterocycles. The lowest BCUT2D eigenvalue weighted by Gasteiger charge is -2.10. The number of hydrogen-bond donors (Lipinski definition) is 2. The van der Waals surface area contributed by atoms with Gasteiger partial charge >= 0.3 is 0 Å². The van der Waals surface area contributed by atoms with Crippen molar-refractivity contribution in [3.05, 3.63) is 50.9 Å². The van der Waals surface area contributed by atoms with Crippen LogP contribution in [0.5, 0.6) is 0 Å². The Labute approximate surface area is 157 Å². The number of pyridine rings is 1. The average molecular weight is 384 g/mol. The van der Waals surface area contributed by atoms with Crippen LogP contribution in [0, 0.1) is 0 Å². The van der Waals surface area contributed by atoms with E-state index in [9.17, 15) is 14.4 Å². The number of carbonyl (C=O) groups excluding carboxylic acids is 2. The predicted molar refractivity (Wildman–Crippen MR) is 98.2 cm³/mol. The molecule has 1 aliphatic rings. The van der Waals surface area contributed by atoms with Crippen molar-refractivity contribution in [2.24, 2.45) is 0 Å². The highest BCUT2D eigenvalue weighted by atomic mass is 32.1. The first kappa shape index (κ1) is 17.3. The molecule has 0 aliphatic heterocycles. The van der Waals surface area contributed by atoms with E-state index in [1.807, 2.05) is 0 Å². The molecule has 138 valence electrons. The Kier molecular flexibility index (Phi) is 4.63. The number of aromatic nitrogens is 4. The summed E-state index contributed by atoms with van der Waals surface area (Å²) in [5.41, 5.74) is 5.57. The minimum absolute atomic E-state index is 0.307. The normalized spacial score (nSPS) is 13.2. The van der Waals surface area contributed by atoms with Crippen molar-refractivity contribution in [3.8, 4) is 0 Å². The zero-order valence-corrected chi connectivity index (χ0v) is 15.1. The van der Waals surface area contributed by atoms with Crippen LogP contribution in [0.15, 0.2) is 29.3 Å². The summed E-state index contributed by atoms with van der Waals surface area (Å²) < 4.78 is 1.02. The summed E-state index contributed by atoms with van der Waals surface area (Å²) in [7, 11) is 0. The van der Waals surface area contributed by atoms with Crippen LogP contribution in [0.3, 0.4) is 0 Å². The summed E-state index contributed by atoms with van der Waals surface area (Å²) in [5.74, 6) is -1.08. The predicted octanol–water partition coefficient (Wildman–Crippen LogP) is 0.588. The molecule has 3 aromatic rings. The van der Waals surface area contributed by atoms with Crippen LogP contribution < -0.4 is 16.4 Å². The Morgan fingerprint density at radius 1 is 1.22 bits per heavy atom. The van der Waals surface area contributed by atoms with Crippen LogP contribution in [0.4, 0.5) is 0 Å². The summed E-state index contributed by atoms with van der Waals surface area (Å²) in [6, 6.07) is 3.18. The number of carbonyl (C=O) groups is 2. The topological polar surface area (TPSA) is 119 Å². The van der Waals surface area contributed by atoms with Crippen LogP contribution in [0.2, 0.25) is 0 Å². The summed E-state index contributed by atoms with van der Waals surface area (Å²) in [6.45, 7) is -0.334. The quantitative estimate of drug-likeness (QED) is 0.638. The lowest BCUT2D eigenvalue weighted by atomic mass is 9.97. The molecule has 2 N–H and O–H groups in total. The number of rotatable bonds is 3. The van der Waals surface area contributed by atoms with Crippen LogP contribution >= 0.6 is 11.3 Å². The molecule has 0 bridgehead atoms. The number of fused-ring (bicyclic) bond motifs is 3. The fourth-order valence-corrected chi connectivity index (χ4v) is 4.28. The third kappa shape index (κ3) is 3.43. The molecule has 0 atom stereocenters. The van der Waals surface area contributed by atoms with Crippen molar-refractivity contribution >= 4 is 33.4 Å². The fraction of sp³-hybridized carbons (Fsp3) is 0.294. The zero-order chi connectivity index (χ0) is 18.8. The molecular weight excluding hydrogens is 368 g/mol. The molecule has 10 heteroatoms. The highest BCUT2D eigenvalue weighted by Crippen LogP contribution is 2.33. The standard InChI is InChI=1S/C17H16N6O3S/c24-13(19-20-15(25)10-4-3-7-18-8-10)9-23-17(26)14-11-5-1-2-6-12(11)27-16(14)21-22-23/h3-4,7-8H,1-2,5-6,9H2,(H,19,24)(H,20,25). The number of amides is 2. The number of hydrogen-bond acceptors (Lipinski definition) is 7. The molecule has 0 aromatic carbocycles. The SMILES string of the molecule is O=C(Cn1nnc2sc3c(c2c1=O)CCCC3)NNC(=O)c1cccnc1. The van der Waals surface area contributed by atoms with E-state index in [4.69, 9.17) is 0 Å². The maximum Gasteiger partial charge on any atom is 0.279 e. The van der Waals surface area contributed by atoms with Crippen molar-refractivity contribution in [1.29, 1.82) is 0 Å². The molecule has 27 heavy (non-hydrogen) atoms. The molecule has 0 saturated heterocycles. The van der Waals surface area contributed by atoms with Crippen LogP contribution in [0.25, 0.3) is 10.2 Å². The van der Waals surface area contributed by atoms with Crippen LogP contribution in [-0.4, -0.2) is 31.8 Å². The van der Waals surface area contributed by atoms with E-state index in [2.05, 4.69) is 26.1 Å². The first-order chi connectivity index (χ1) is 13.1. The summed E-state index contributed by atoms with van der Waals surface area (Å²) in [4.78, 5) is 42.4. The third-order valence-electron chi connectivity index (χ3n) is 4.38. The lowest BCUT2D eigenvalue weighted by Crippen LogP contribution is -2.44. The minimum atomic E-state index is -0.577. The van der Waals surface area contributed by atoms with Gasteiger partial charge in [-0.2, -0.15) is 0 Å². The molecule has 9 nitrogen and oxygen atoms in total. The molecule has 0 spiro atoms.